The Kier molecular flexibility index (Phi) is 4.24. The smallest absolute Gasteiger partial charge is 0.150 e. The molecule has 4 nitrogen and oxygen atoms in total. The van der Waals surface area contributed by atoms with Crippen molar-refractivity contribution in [2.45, 2.75) is 6.42 Å². The fourth-order valence-electron chi connectivity index (χ4n) is 2.31. The van der Waals surface area contributed by atoms with E-state index >= 15 is 0 Å². The molecule has 1 heterocycles. The quantitative estimate of drug-likeness (QED) is 0.868. The molecule has 2 atom stereocenters. The van der Waals surface area contributed by atoms with Crippen LogP contribution in [0, 0.1) is 11.8 Å². The molecule has 0 amide bonds. The first-order chi connectivity index (χ1) is 8.61. The zero-order chi connectivity index (χ0) is 13.0. The van der Waals surface area contributed by atoms with Gasteiger partial charge in [-0.1, -0.05) is 18.2 Å². The highest BCUT2D eigenvalue weighted by molar-refractivity contribution is 7.91. The average Bonchev–Trinajstić information content (AvgIpc) is 2.72. The Morgan fingerprint density at radius 1 is 1.33 bits per heavy atom. The number of sulfone groups is 1. The summed E-state index contributed by atoms with van der Waals surface area (Å²) in [7, 11) is -2.84. The molecule has 1 saturated heterocycles. The summed E-state index contributed by atoms with van der Waals surface area (Å²) in [5.74, 6) is 1.61. The Morgan fingerprint density at radius 3 is 2.61 bits per heavy atom. The lowest BCUT2D eigenvalue weighted by atomic mass is 9.93. The third-order valence-electron chi connectivity index (χ3n) is 3.44. The van der Waals surface area contributed by atoms with E-state index in [-0.39, 0.29) is 17.6 Å². The van der Waals surface area contributed by atoms with Crippen molar-refractivity contribution in [3.8, 4) is 5.75 Å². The molecule has 1 aromatic rings. The van der Waals surface area contributed by atoms with Crippen molar-refractivity contribution < 1.29 is 13.2 Å². The van der Waals surface area contributed by atoms with Crippen LogP contribution in [0.3, 0.4) is 0 Å². The van der Waals surface area contributed by atoms with Crippen LogP contribution in [0.25, 0.3) is 0 Å². The number of rotatable bonds is 5. The van der Waals surface area contributed by atoms with Crippen LogP contribution in [0.1, 0.15) is 6.42 Å². The number of hydrogen-bond donors (Lipinski definition) is 1. The van der Waals surface area contributed by atoms with Crippen LogP contribution >= 0.6 is 0 Å². The number of ether oxygens (including phenoxy) is 1. The van der Waals surface area contributed by atoms with Gasteiger partial charge in [0.15, 0.2) is 9.84 Å². The fraction of sp³-hybridized carbons (Fsp3) is 0.538. The number of nitrogens with two attached hydrogens (primary N) is 1. The highest BCUT2D eigenvalue weighted by Crippen LogP contribution is 2.26. The minimum atomic E-state index is -2.84. The molecule has 0 saturated carbocycles. The molecule has 0 spiro atoms. The summed E-state index contributed by atoms with van der Waals surface area (Å²) in [5.41, 5.74) is 5.73. The van der Waals surface area contributed by atoms with E-state index in [1.165, 1.54) is 0 Å². The average molecular weight is 269 g/mol. The Bertz CT molecular complexity index is 472. The van der Waals surface area contributed by atoms with E-state index in [0.29, 0.717) is 25.3 Å². The summed E-state index contributed by atoms with van der Waals surface area (Å²) in [6.45, 7) is 0.952. The molecule has 0 aliphatic carbocycles. The molecule has 100 valence electrons. The van der Waals surface area contributed by atoms with Crippen molar-refractivity contribution in [2.24, 2.45) is 17.6 Å². The van der Waals surface area contributed by atoms with Gasteiger partial charge in [-0.3, -0.25) is 0 Å². The molecular weight excluding hydrogens is 250 g/mol. The van der Waals surface area contributed by atoms with Gasteiger partial charge in [0.2, 0.25) is 0 Å². The summed E-state index contributed by atoms with van der Waals surface area (Å²) in [6.07, 6.45) is 0.711. The lowest BCUT2D eigenvalue weighted by Crippen LogP contribution is -2.29. The summed E-state index contributed by atoms with van der Waals surface area (Å²) < 4.78 is 28.6. The highest BCUT2D eigenvalue weighted by Gasteiger charge is 2.33. The van der Waals surface area contributed by atoms with Gasteiger partial charge in [0, 0.05) is 5.92 Å². The molecule has 0 radical (unpaired) electrons. The zero-order valence-corrected chi connectivity index (χ0v) is 11.1. The SMILES string of the molecule is NCC(COc1ccccc1)C1CCS(=O)(=O)C1. The van der Waals surface area contributed by atoms with Crippen molar-refractivity contribution in [1.82, 2.24) is 0 Å². The van der Waals surface area contributed by atoms with Crippen molar-refractivity contribution >= 4 is 9.84 Å². The van der Waals surface area contributed by atoms with E-state index < -0.39 is 9.84 Å². The van der Waals surface area contributed by atoms with E-state index in [1.54, 1.807) is 0 Å². The Hall–Kier alpha value is -1.07. The third-order valence-corrected chi connectivity index (χ3v) is 5.24. The molecule has 5 heteroatoms. The second-order valence-electron chi connectivity index (χ2n) is 4.78. The topological polar surface area (TPSA) is 69.4 Å². The van der Waals surface area contributed by atoms with Gasteiger partial charge >= 0.3 is 0 Å². The molecule has 18 heavy (non-hydrogen) atoms. The van der Waals surface area contributed by atoms with Gasteiger partial charge in [-0.15, -0.1) is 0 Å². The van der Waals surface area contributed by atoms with Crippen LogP contribution in [0.5, 0.6) is 5.75 Å². The van der Waals surface area contributed by atoms with Crippen LogP contribution in [0.15, 0.2) is 30.3 Å². The molecule has 2 rings (SSSR count). The van der Waals surface area contributed by atoms with Gasteiger partial charge in [0.25, 0.3) is 0 Å². The maximum Gasteiger partial charge on any atom is 0.150 e. The minimum absolute atomic E-state index is 0.113. The van der Waals surface area contributed by atoms with Crippen LogP contribution in [-0.4, -0.2) is 33.1 Å². The van der Waals surface area contributed by atoms with Gasteiger partial charge < -0.3 is 10.5 Å². The summed E-state index contributed by atoms with van der Waals surface area (Å²) in [5, 5.41) is 0. The predicted octanol–water partition coefficient (Wildman–Crippen LogP) is 1.07. The van der Waals surface area contributed by atoms with E-state index in [2.05, 4.69) is 0 Å². The number of hydrogen-bond acceptors (Lipinski definition) is 4. The summed E-state index contributed by atoms with van der Waals surface area (Å²) >= 11 is 0. The largest absolute Gasteiger partial charge is 0.493 e. The van der Waals surface area contributed by atoms with Crippen molar-refractivity contribution in [3.63, 3.8) is 0 Å². The van der Waals surface area contributed by atoms with E-state index in [4.69, 9.17) is 10.5 Å². The van der Waals surface area contributed by atoms with Gasteiger partial charge in [-0.05, 0) is 31.0 Å². The number of benzene rings is 1. The Labute approximate surface area is 108 Å². The normalized spacial score (nSPS) is 23.7. The number of para-hydroxylation sites is 1. The molecule has 0 bridgehead atoms. The van der Waals surface area contributed by atoms with Crippen molar-refractivity contribution in [1.29, 1.82) is 0 Å². The fourth-order valence-corrected chi connectivity index (χ4v) is 4.23. The molecule has 1 aromatic carbocycles. The molecule has 1 fully saturated rings. The lowest BCUT2D eigenvalue weighted by Gasteiger charge is -2.21. The first-order valence-electron chi connectivity index (χ1n) is 6.19. The van der Waals surface area contributed by atoms with Gasteiger partial charge in [-0.25, -0.2) is 8.42 Å². The Morgan fingerprint density at radius 2 is 2.06 bits per heavy atom. The molecule has 2 unspecified atom stereocenters. The second kappa shape index (κ2) is 5.71. The molecule has 2 N–H and O–H groups in total. The molecule has 0 aromatic heterocycles. The highest BCUT2D eigenvalue weighted by atomic mass is 32.2. The van der Waals surface area contributed by atoms with E-state index in [1.807, 2.05) is 30.3 Å². The van der Waals surface area contributed by atoms with Crippen LogP contribution in [-0.2, 0) is 9.84 Å². The first kappa shape index (κ1) is 13.4. The monoisotopic (exact) mass is 269 g/mol. The lowest BCUT2D eigenvalue weighted by molar-refractivity contribution is 0.209. The van der Waals surface area contributed by atoms with Crippen LogP contribution in [0.4, 0.5) is 0 Å². The molecular formula is C13H19NO3S. The van der Waals surface area contributed by atoms with E-state index in [9.17, 15) is 8.42 Å². The Balaban J connectivity index is 1.90. The van der Waals surface area contributed by atoms with Gasteiger partial charge in [0.05, 0.1) is 18.1 Å². The standard InChI is InChI=1S/C13H19NO3S/c14-8-12(11-6-7-18(15,16)10-11)9-17-13-4-2-1-3-5-13/h1-5,11-12H,6-10,14H2. The first-order valence-corrected chi connectivity index (χ1v) is 8.01. The zero-order valence-electron chi connectivity index (χ0n) is 10.3. The predicted molar refractivity (Wildman–Crippen MR) is 71.2 cm³/mol. The maximum atomic E-state index is 11.5. The second-order valence-corrected chi connectivity index (χ2v) is 7.01. The molecule has 1 aliphatic heterocycles. The van der Waals surface area contributed by atoms with Crippen LogP contribution < -0.4 is 10.5 Å². The van der Waals surface area contributed by atoms with Crippen molar-refractivity contribution in [2.75, 3.05) is 24.7 Å². The van der Waals surface area contributed by atoms with Crippen LogP contribution in [0.2, 0.25) is 0 Å². The van der Waals surface area contributed by atoms with Gasteiger partial charge in [-0.2, -0.15) is 0 Å². The summed E-state index contributed by atoms with van der Waals surface area (Å²) in [6, 6.07) is 9.52. The maximum absolute atomic E-state index is 11.5. The van der Waals surface area contributed by atoms with E-state index in [0.717, 1.165) is 5.75 Å². The molecule has 1 aliphatic rings. The third kappa shape index (κ3) is 3.46. The minimum Gasteiger partial charge on any atom is -0.493 e. The van der Waals surface area contributed by atoms with Crippen molar-refractivity contribution in [3.05, 3.63) is 30.3 Å². The van der Waals surface area contributed by atoms with Gasteiger partial charge in [0.1, 0.15) is 5.75 Å². The summed E-state index contributed by atoms with van der Waals surface area (Å²) in [4.78, 5) is 0.